The Hall–Kier alpha value is -0.920. The van der Waals surface area contributed by atoms with Gasteiger partial charge in [-0.3, -0.25) is 0 Å². The van der Waals surface area contributed by atoms with Crippen LogP contribution in [0.5, 0.6) is 0 Å². The zero-order chi connectivity index (χ0) is 15.3. The maximum atomic E-state index is 12.8. The summed E-state index contributed by atoms with van der Waals surface area (Å²) in [6.45, 7) is 1.97. The van der Waals surface area contributed by atoms with Crippen molar-refractivity contribution in [1.82, 2.24) is 4.31 Å². The second-order valence-corrected chi connectivity index (χ2v) is 10.1. The van der Waals surface area contributed by atoms with Gasteiger partial charge in [-0.25, -0.2) is 16.8 Å². The van der Waals surface area contributed by atoms with Crippen molar-refractivity contribution in [2.45, 2.75) is 30.7 Å². The van der Waals surface area contributed by atoms with Gasteiger partial charge in [-0.15, -0.1) is 0 Å². The summed E-state index contributed by atoms with van der Waals surface area (Å²) in [6.07, 6.45) is 1.83. The molecule has 1 saturated heterocycles. The molecule has 2 fully saturated rings. The number of aryl methyl sites for hydroxylation is 1. The van der Waals surface area contributed by atoms with Gasteiger partial charge in [-0.2, -0.15) is 4.31 Å². The largest absolute Gasteiger partial charge is 0.243 e. The molecule has 0 bridgehead atoms. The van der Waals surface area contributed by atoms with E-state index in [-0.39, 0.29) is 28.9 Å². The molecular weight excluding hydrogens is 310 g/mol. The van der Waals surface area contributed by atoms with Crippen LogP contribution in [-0.2, 0) is 19.9 Å². The van der Waals surface area contributed by atoms with Gasteiger partial charge in [0.1, 0.15) is 0 Å². The average Bonchev–Trinajstić information content (AvgIpc) is 3.22. The molecule has 116 valence electrons. The van der Waals surface area contributed by atoms with Crippen LogP contribution in [0.2, 0.25) is 0 Å². The van der Waals surface area contributed by atoms with Gasteiger partial charge in [0.05, 0.1) is 16.4 Å². The smallest absolute Gasteiger partial charge is 0.229 e. The zero-order valence-electron chi connectivity index (χ0n) is 11.9. The molecule has 1 aromatic rings. The van der Waals surface area contributed by atoms with E-state index in [2.05, 4.69) is 0 Å². The van der Waals surface area contributed by atoms with Crippen molar-refractivity contribution in [3.63, 3.8) is 0 Å². The van der Waals surface area contributed by atoms with Gasteiger partial charge in [-0.1, -0.05) is 17.7 Å². The third-order valence-electron chi connectivity index (χ3n) is 4.21. The Balaban J connectivity index is 1.95. The van der Waals surface area contributed by atoms with Crippen molar-refractivity contribution < 1.29 is 16.8 Å². The fourth-order valence-corrected chi connectivity index (χ4v) is 6.33. The van der Waals surface area contributed by atoms with Crippen LogP contribution in [0.25, 0.3) is 0 Å². The van der Waals surface area contributed by atoms with Crippen LogP contribution in [0.1, 0.15) is 18.4 Å². The molecule has 1 aliphatic carbocycles. The number of benzene rings is 1. The topological polar surface area (TPSA) is 71.5 Å². The Morgan fingerprint density at radius 3 is 2.33 bits per heavy atom. The summed E-state index contributed by atoms with van der Waals surface area (Å²) in [4.78, 5) is 0.248. The molecule has 1 aliphatic heterocycles. The van der Waals surface area contributed by atoms with Crippen molar-refractivity contribution in [3.8, 4) is 0 Å². The summed E-state index contributed by atoms with van der Waals surface area (Å²) < 4.78 is 50.6. The Morgan fingerprint density at radius 1 is 1.14 bits per heavy atom. The van der Waals surface area contributed by atoms with Gasteiger partial charge in [0.15, 0.2) is 9.84 Å². The Morgan fingerprint density at radius 2 is 1.76 bits per heavy atom. The lowest BCUT2D eigenvalue weighted by molar-refractivity contribution is 0.311. The first-order chi connectivity index (χ1) is 9.79. The summed E-state index contributed by atoms with van der Waals surface area (Å²) >= 11 is 0. The van der Waals surface area contributed by atoms with Crippen LogP contribution < -0.4 is 0 Å². The molecule has 0 radical (unpaired) electrons. The highest BCUT2D eigenvalue weighted by Gasteiger charge is 2.46. The number of sulfonamides is 1. The van der Waals surface area contributed by atoms with Crippen molar-refractivity contribution in [3.05, 3.63) is 29.8 Å². The predicted octanol–water partition coefficient (Wildman–Crippen LogP) is 1.19. The SMILES string of the molecule is Cc1ccc(S(=O)(=O)N2CCS(=O)(=O)CC2C2CC2)cc1. The van der Waals surface area contributed by atoms with Gasteiger partial charge in [0.2, 0.25) is 10.0 Å². The number of hydrogen-bond acceptors (Lipinski definition) is 4. The first kappa shape index (κ1) is 15.0. The zero-order valence-corrected chi connectivity index (χ0v) is 13.5. The van der Waals surface area contributed by atoms with E-state index in [4.69, 9.17) is 0 Å². The molecule has 0 amide bonds. The molecule has 0 aromatic heterocycles. The second-order valence-electron chi connectivity index (χ2n) is 5.95. The summed E-state index contributed by atoms with van der Waals surface area (Å²) in [5.74, 6) is 0.0738. The minimum absolute atomic E-state index is 0.0389. The quantitative estimate of drug-likeness (QED) is 0.835. The minimum atomic E-state index is -3.61. The molecule has 0 spiro atoms. The Labute approximate surface area is 125 Å². The van der Waals surface area contributed by atoms with E-state index in [0.717, 1.165) is 18.4 Å². The summed E-state index contributed by atoms with van der Waals surface area (Å²) in [5, 5.41) is 0. The molecule has 5 nitrogen and oxygen atoms in total. The number of hydrogen-bond donors (Lipinski definition) is 0. The average molecular weight is 329 g/mol. The normalized spacial score (nSPS) is 26.6. The molecule has 2 aliphatic rings. The molecule has 0 N–H and O–H groups in total. The van der Waals surface area contributed by atoms with E-state index in [1.165, 1.54) is 4.31 Å². The number of nitrogens with zero attached hydrogens (tertiary/aromatic N) is 1. The molecule has 1 aromatic carbocycles. The van der Waals surface area contributed by atoms with Crippen molar-refractivity contribution in [1.29, 1.82) is 0 Å². The molecule has 3 rings (SSSR count). The van der Waals surface area contributed by atoms with Crippen molar-refractivity contribution in [2.24, 2.45) is 5.92 Å². The highest BCUT2D eigenvalue weighted by Crippen LogP contribution is 2.39. The molecule has 21 heavy (non-hydrogen) atoms. The lowest BCUT2D eigenvalue weighted by atomic mass is 10.2. The Bertz CT molecular complexity index is 734. The van der Waals surface area contributed by atoms with E-state index in [1.807, 2.05) is 6.92 Å². The molecular formula is C14H19NO4S2. The summed E-state index contributed by atoms with van der Waals surface area (Å²) in [7, 11) is -6.74. The standard InChI is InChI=1S/C14H19NO4S2/c1-11-2-6-13(7-3-11)21(18,19)15-8-9-20(16,17)10-14(15)12-4-5-12/h2-3,6-7,12,14H,4-5,8-10H2,1H3. The van der Waals surface area contributed by atoms with Crippen molar-refractivity contribution >= 4 is 19.9 Å². The monoisotopic (exact) mass is 329 g/mol. The highest BCUT2D eigenvalue weighted by molar-refractivity contribution is 7.92. The second kappa shape index (κ2) is 5.07. The van der Waals surface area contributed by atoms with E-state index >= 15 is 0 Å². The van der Waals surface area contributed by atoms with E-state index < -0.39 is 25.9 Å². The maximum absolute atomic E-state index is 12.8. The lowest BCUT2D eigenvalue weighted by Gasteiger charge is -2.34. The third kappa shape index (κ3) is 3.00. The van der Waals surface area contributed by atoms with Gasteiger partial charge < -0.3 is 0 Å². The molecule has 1 unspecified atom stereocenters. The van der Waals surface area contributed by atoms with Crippen LogP contribution >= 0.6 is 0 Å². The van der Waals surface area contributed by atoms with Gasteiger partial charge >= 0.3 is 0 Å². The fraction of sp³-hybridized carbons (Fsp3) is 0.571. The third-order valence-corrected chi connectivity index (χ3v) is 7.80. The van der Waals surface area contributed by atoms with Gasteiger partial charge in [0.25, 0.3) is 0 Å². The molecule has 1 atom stereocenters. The maximum Gasteiger partial charge on any atom is 0.243 e. The minimum Gasteiger partial charge on any atom is -0.229 e. The first-order valence-electron chi connectivity index (χ1n) is 7.08. The van der Waals surface area contributed by atoms with Crippen LogP contribution in [0.3, 0.4) is 0 Å². The fourth-order valence-electron chi connectivity index (χ4n) is 2.82. The molecule has 1 saturated carbocycles. The summed E-state index contributed by atoms with van der Waals surface area (Å²) in [6, 6.07) is 6.32. The van der Waals surface area contributed by atoms with Crippen molar-refractivity contribution in [2.75, 3.05) is 18.1 Å². The predicted molar refractivity (Wildman–Crippen MR) is 80.2 cm³/mol. The number of rotatable bonds is 3. The highest BCUT2D eigenvalue weighted by atomic mass is 32.2. The van der Waals surface area contributed by atoms with Crippen LogP contribution in [0.15, 0.2) is 29.2 Å². The van der Waals surface area contributed by atoms with E-state index in [0.29, 0.717) is 0 Å². The molecule has 7 heteroatoms. The van der Waals surface area contributed by atoms with E-state index in [1.54, 1.807) is 24.3 Å². The van der Waals surface area contributed by atoms with Crippen LogP contribution in [0, 0.1) is 12.8 Å². The first-order valence-corrected chi connectivity index (χ1v) is 10.3. The van der Waals surface area contributed by atoms with Gasteiger partial charge in [-0.05, 0) is 37.8 Å². The molecule has 1 heterocycles. The Kier molecular flexibility index (Phi) is 3.62. The van der Waals surface area contributed by atoms with E-state index in [9.17, 15) is 16.8 Å². The van der Waals surface area contributed by atoms with Crippen LogP contribution in [0.4, 0.5) is 0 Å². The number of sulfone groups is 1. The lowest BCUT2D eigenvalue weighted by Crippen LogP contribution is -2.52. The van der Waals surface area contributed by atoms with Crippen LogP contribution in [-0.4, -0.2) is 45.2 Å². The summed E-state index contributed by atoms with van der Waals surface area (Å²) in [5.41, 5.74) is 0.994. The van der Waals surface area contributed by atoms with Gasteiger partial charge in [0, 0.05) is 12.6 Å².